The number of nitrogens with zero attached hydrogens (tertiary/aromatic N) is 1. The molecule has 45 heavy (non-hydrogen) atoms. The number of fused-ring (bicyclic) bond motifs is 1. The highest BCUT2D eigenvalue weighted by atomic mass is 35.5. The minimum absolute atomic E-state index is 0.0525. The number of carbonyl (C=O) groups excluding carboxylic acids is 1. The van der Waals surface area contributed by atoms with Crippen LogP contribution in [0.15, 0.2) is 90.3 Å². The predicted molar refractivity (Wildman–Crippen MR) is 171 cm³/mol. The van der Waals surface area contributed by atoms with E-state index >= 15 is 0 Å². The first kappa shape index (κ1) is 31.6. The van der Waals surface area contributed by atoms with E-state index in [1.165, 1.54) is 12.7 Å². The van der Waals surface area contributed by atoms with Crippen LogP contribution in [0.1, 0.15) is 47.9 Å². The summed E-state index contributed by atoms with van der Waals surface area (Å²) in [5, 5.41) is 11.0. The number of nitriles is 1. The molecule has 4 aromatic carbocycles. The van der Waals surface area contributed by atoms with Crippen molar-refractivity contribution in [3.05, 3.63) is 123 Å². The van der Waals surface area contributed by atoms with Gasteiger partial charge in [-0.3, -0.25) is 0 Å². The summed E-state index contributed by atoms with van der Waals surface area (Å²) in [6.45, 7) is 4.12. The maximum atomic E-state index is 12.6. The quantitative estimate of drug-likeness (QED) is 0.137. The van der Waals surface area contributed by atoms with Gasteiger partial charge in [0, 0.05) is 27.2 Å². The number of rotatable bonds is 10. The van der Waals surface area contributed by atoms with Gasteiger partial charge in [-0.1, -0.05) is 67.4 Å². The summed E-state index contributed by atoms with van der Waals surface area (Å²) in [7, 11) is 1.53. The van der Waals surface area contributed by atoms with Gasteiger partial charge in [0.1, 0.15) is 35.5 Å². The molecular weight excluding hydrogens is 615 g/mol. The van der Waals surface area contributed by atoms with Gasteiger partial charge >= 0.3 is 5.97 Å². The van der Waals surface area contributed by atoms with Crippen molar-refractivity contribution in [2.75, 3.05) is 13.7 Å². The number of carbonyl (C=O) groups is 1. The van der Waals surface area contributed by atoms with Crippen molar-refractivity contribution in [3.63, 3.8) is 0 Å². The lowest BCUT2D eigenvalue weighted by Crippen LogP contribution is -2.22. The minimum Gasteiger partial charge on any atom is -0.493 e. The van der Waals surface area contributed by atoms with Gasteiger partial charge in [-0.15, -0.1) is 0 Å². The van der Waals surface area contributed by atoms with E-state index in [1.807, 2.05) is 30.3 Å². The highest BCUT2D eigenvalue weighted by Gasteiger charge is 2.32. The van der Waals surface area contributed by atoms with E-state index in [1.54, 1.807) is 48.5 Å². The summed E-state index contributed by atoms with van der Waals surface area (Å²) in [4.78, 5) is 12.6. The molecule has 2 N–H and O–H groups in total. The summed E-state index contributed by atoms with van der Waals surface area (Å²) in [5.41, 5.74) is 9.73. The largest absolute Gasteiger partial charge is 0.493 e. The van der Waals surface area contributed by atoms with Crippen molar-refractivity contribution in [2.24, 2.45) is 5.73 Å². The van der Waals surface area contributed by atoms with E-state index in [9.17, 15) is 10.1 Å². The van der Waals surface area contributed by atoms with Crippen LogP contribution < -0.4 is 29.4 Å². The van der Waals surface area contributed by atoms with Gasteiger partial charge in [-0.2, -0.15) is 5.26 Å². The number of benzene rings is 4. The first-order valence-corrected chi connectivity index (χ1v) is 14.8. The van der Waals surface area contributed by atoms with E-state index < -0.39 is 11.9 Å². The van der Waals surface area contributed by atoms with Crippen LogP contribution in [-0.4, -0.2) is 19.7 Å². The van der Waals surface area contributed by atoms with Gasteiger partial charge in [-0.05, 0) is 59.5 Å². The van der Waals surface area contributed by atoms with Crippen molar-refractivity contribution in [2.45, 2.75) is 32.3 Å². The Kier molecular flexibility index (Phi) is 9.72. The lowest BCUT2D eigenvalue weighted by molar-refractivity contribution is -0.136. The van der Waals surface area contributed by atoms with Gasteiger partial charge in [0.05, 0.1) is 13.0 Å². The zero-order valence-electron chi connectivity index (χ0n) is 24.8. The molecule has 5 rings (SSSR count). The van der Waals surface area contributed by atoms with Crippen molar-refractivity contribution in [1.29, 1.82) is 5.26 Å². The number of ether oxygens (including phenoxy) is 5. The molecule has 0 aromatic heterocycles. The molecule has 1 heterocycles. The third-order valence-corrected chi connectivity index (χ3v) is 7.83. The van der Waals surface area contributed by atoms with Crippen LogP contribution >= 0.6 is 23.2 Å². The number of hydrogen-bond acceptors (Lipinski definition) is 8. The third-order valence-electron chi connectivity index (χ3n) is 7.24. The standard InChI is InChI=1S/C35H30Cl2N2O6/c1-20(2)21-5-9-25(10-6-21)42-19-33(40)44-26-11-12-27-31(16-26)45-35(39)28(17-38)34(27)22-7-13-30(32(14-22)41-3)43-18-23-4-8-24(36)15-29(23)37/h4-16,20,34H,18-19,39H2,1-3H3. The van der Waals surface area contributed by atoms with Crippen LogP contribution in [0.4, 0.5) is 0 Å². The Bertz CT molecular complexity index is 1800. The molecule has 1 aliphatic rings. The summed E-state index contributed by atoms with van der Waals surface area (Å²) < 4.78 is 28.5. The van der Waals surface area contributed by atoms with E-state index in [0.29, 0.717) is 44.5 Å². The van der Waals surface area contributed by atoms with Gasteiger partial charge < -0.3 is 29.4 Å². The molecule has 0 saturated carbocycles. The Morgan fingerprint density at radius 3 is 2.40 bits per heavy atom. The van der Waals surface area contributed by atoms with Gasteiger partial charge in [0.2, 0.25) is 5.88 Å². The van der Waals surface area contributed by atoms with E-state index in [-0.39, 0.29) is 30.4 Å². The molecule has 0 aliphatic carbocycles. The zero-order chi connectivity index (χ0) is 32.1. The molecule has 0 fully saturated rings. The normalized spacial score (nSPS) is 13.8. The van der Waals surface area contributed by atoms with Crippen molar-refractivity contribution >= 4 is 29.2 Å². The molecule has 230 valence electrons. The lowest BCUT2D eigenvalue weighted by Gasteiger charge is -2.27. The highest BCUT2D eigenvalue weighted by molar-refractivity contribution is 6.35. The topological polar surface area (TPSA) is 113 Å². The Hall–Kier alpha value is -4.84. The first-order valence-electron chi connectivity index (χ1n) is 14.1. The Balaban J connectivity index is 1.33. The van der Waals surface area contributed by atoms with Crippen LogP contribution in [0, 0.1) is 11.3 Å². The second kappa shape index (κ2) is 13.9. The van der Waals surface area contributed by atoms with E-state index in [0.717, 1.165) is 11.1 Å². The fourth-order valence-electron chi connectivity index (χ4n) is 4.87. The van der Waals surface area contributed by atoms with Crippen LogP contribution in [0.2, 0.25) is 10.0 Å². The van der Waals surface area contributed by atoms with Crippen LogP contribution in [-0.2, 0) is 11.4 Å². The Morgan fingerprint density at radius 1 is 0.956 bits per heavy atom. The SMILES string of the molecule is COc1cc(C2C(C#N)=C(N)Oc3cc(OC(=O)COc4ccc(C(C)C)cc4)ccc32)ccc1OCc1ccc(Cl)cc1Cl. The molecule has 8 nitrogen and oxygen atoms in total. The molecule has 0 radical (unpaired) electrons. The van der Waals surface area contributed by atoms with Crippen LogP contribution in [0.5, 0.6) is 28.7 Å². The van der Waals surface area contributed by atoms with Crippen molar-refractivity contribution in [1.82, 2.24) is 0 Å². The van der Waals surface area contributed by atoms with Crippen molar-refractivity contribution < 1.29 is 28.5 Å². The molecule has 0 spiro atoms. The second-order valence-corrected chi connectivity index (χ2v) is 11.4. The fourth-order valence-corrected chi connectivity index (χ4v) is 5.33. The third kappa shape index (κ3) is 7.28. The molecule has 0 saturated heterocycles. The fraction of sp³-hybridized carbons (Fsp3) is 0.200. The van der Waals surface area contributed by atoms with E-state index in [2.05, 4.69) is 19.9 Å². The van der Waals surface area contributed by atoms with Gasteiger partial charge in [-0.25, -0.2) is 4.79 Å². The zero-order valence-corrected chi connectivity index (χ0v) is 26.3. The number of nitrogens with two attached hydrogens (primary N) is 1. The predicted octanol–water partition coefficient (Wildman–Crippen LogP) is 7.91. The first-order chi connectivity index (χ1) is 21.7. The highest BCUT2D eigenvalue weighted by Crippen LogP contribution is 2.45. The molecule has 0 bridgehead atoms. The average Bonchev–Trinajstić information content (AvgIpc) is 3.02. The molecule has 1 atom stereocenters. The Morgan fingerprint density at radius 2 is 1.71 bits per heavy atom. The maximum absolute atomic E-state index is 12.6. The molecule has 4 aromatic rings. The lowest BCUT2D eigenvalue weighted by atomic mass is 9.83. The molecule has 1 unspecified atom stereocenters. The molecule has 1 aliphatic heterocycles. The van der Waals surface area contributed by atoms with Crippen molar-refractivity contribution in [3.8, 4) is 34.8 Å². The maximum Gasteiger partial charge on any atom is 0.349 e. The number of esters is 1. The number of hydrogen-bond donors (Lipinski definition) is 1. The molecular formula is C35H30Cl2N2O6. The summed E-state index contributed by atoms with van der Waals surface area (Å²) in [6, 6.07) is 25.2. The molecule has 0 amide bonds. The number of methoxy groups -OCH3 is 1. The summed E-state index contributed by atoms with van der Waals surface area (Å²) >= 11 is 12.3. The summed E-state index contributed by atoms with van der Waals surface area (Å²) in [5.74, 6) is 1.27. The smallest absolute Gasteiger partial charge is 0.349 e. The van der Waals surface area contributed by atoms with Gasteiger partial charge in [0.25, 0.3) is 0 Å². The average molecular weight is 646 g/mol. The number of allylic oxidation sites excluding steroid dienone is 1. The number of halogens is 2. The monoisotopic (exact) mass is 644 g/mol. The van der Waals surface area contributed by atoms with Gasteiger partial charge in [0.15, 0.2) is 18.1 Å². The Labute approximate surface area is 271 Å². The van der Waals surface area contributed by atoms with Crippen LogP contribution in [0.3, 0.4) is 0 Å². The van der Waals surface area contributed by atoms with E-state index in [4.69, 9.17) is 52.6 Å². The molecule has 10 heteroatoms. The summed E-state index contributed by atoms with van der Waals surface area (Å²) in [6.07, 6.45) is 0. The minimum atomic E-state index is -0.586. The second-order valence-electron chi connectivity index (χ2n) is 10.5. The van der Waals surface area contributed by atoms with Crippen LogP contribution in [0.25, 0.3) is 0 Å².